The first-order valence-electron chi connectivity index (χ1n) is 9.97. The Bertz CT molecular complexity index is 618. The largest absolute Gasteiger partial charge is 0.481 e. The maximum absolute atomic E-state index is 12.7. The van der Waals surface area contributed by atoms with Crippen LogP contribution >= 0.6 is 0 Å². The minimum absolute atomic E-state index is 0.0183. The summed E-state index contributed by atoms with van der Waals surface area (Å²) < 4.78 is 5.86. The van der Waals surface area contributed by atoms with Crippen molar-refractivity contribution in [1.29, 1.82) is 0 Å². The quantitative estimate of drug-likeness (QED) is 0.857. The number of ether oxygens (including phenoxy) is 1. The van der Waals surface area contributed by atoms with Crippen molar-refractivity contribution >= 4 is 5.91 Å². The number of benzene rings is 1. The van der Waals surface area contributed by atoms with Crippen molar-refractivity contribution in [3.63, 3.8) is 0 Å². The zero-order chi connectivity index (χ0) is 17.6. The maximum atomic E-state index is 12.7. The molecule has 0 radical (unpaired) electrons. The molecule has 25 heavy (non-hydrogen) atoms. The lowest BCUT2D eigenvalue weighted by atomic mass is 9.48. The van der Waals surface area contributed by atoms with Gasteiger partial charge < -0.3 is 10.1 Å². The van der Waals surface area contributed by atoms with Crippen LogP contribution in [0, 0.1) is 30.1 Å². The molecule has 1 aromatic carbocycles. The van der Waals surface area contributed by atoms with E-state index in [4.69, 9.17) is 4.74 Å². The summed E-state index contributed by atoms with van der Waals surface area (Å²) >= 11 is 0. The Morgan fingerprint density at radius 1 is 1.12 bits per heavy atom. The Morgan fingerprint density at radius 2 is 1.72 bits per heavy atom. The smallest absolute Gasteiger partial charge is 0.261 e. The fourth-order valence-corrected chi connectivity index (χ4v) is 6.14. The number of nitrogens with one attached hydrogen (secondary N) is 1. The van der Waals surface area contributed by atoms with Crippen molar-refractivity contribution in [2.45, 2.75) is 71.4 Å². The topological polar surface area (TPSA) is 38.3 Å². The summed E-state index contributed by atoms with van der Waals surface area (Å²) in [7, 11) is 0. The van der Waals surface area contributed by atoms with Crippen molar-refractivity contribution in [2.75, 3.05) is 0 Å². The van der Waals surface area contributed by atoms with Gasteiger partial charge in [0.1, 0.15) is 5.75 Å². The second-order valence-electron chi connectivity index (χ2n) is 9.09. The van der Waals surface area contributed by atoms with Crippen LogP contribution in [0.25, 0.3) is 0 Å². The third-order valence-corrected chi connectivity index (χ3v) is 7.03. The van der Waals surface area contributed by atoms with Gasteiger partial charge in [-0.25, -0.2) is 0 Å². The van der Waals surface area contributed by atoms with E-state index in [0.717, 1.165) is 29.1 Å². The molecule has 3 heteroatoms. The second kappa shape index (κ2) is 6.34. The number of carbonyl (C=O) groups is 1. The molecule has 0 spiro atoms. The number of hydrogen-bond acceptors (Lipinski definition) is 2. The monoisotopic (exact) mass is 341 g/mol. The van der Waals surface area contributed by atoms with Crippen LogP contribution < -0.4 is 10.1 Å². The van der Waals surface area contributed by atoms with Gasteiger partial charge in [-0.3, -0.25) is 4.79 Å². The molecule has 0 heterocycles. The molecule has 1 aromatic rings. The van der Waals surface area contributed by atoms with Crippen molar-refractivity contribution in [2.24, 2.45) is 23.2 Å². The number of carbonyl (C=O) groups excluding carboxylic acids is 1. The van der Waals surface area contributed by atoms with Crippen LogP contribution in [0.3, 0.4) is 0 Å². The first-order chi connectivity index (χ1) is 11.9. The first kappa shape index (κ1) is 16.9. The summed E-state index contributed by atoms with van der Waals surface area (Å²) in [5, 5.41) is 3.31. The second-order valence-corrected chi connectivity index (χ2v) is 9.09. The molecule has 1 N–H and O–H groups in total. The molecule has 4 aliphatic carbocycles. The highest BCUT2D eigenvalue weighted by molar-refractivity contribution is 5.81. The normalized spacial score (nSPS) is 35.2. The molecule has 1 amide bonds. The van der Waals surface area contributed by atoms with Crippen LogP contribution in [0.5, 0.6) is 5.75 Å². The predicted octanol–water partition coefficient (Wildman–Crippen LogP) is 4.48. The van der Waals surface area contributed by atoms with Gasteiger partial charge in [-0.1, -0.05) is 12.1 Å². The van der Waals surface area contributed by atoms with Gasteiger partial charge in [-0.2, -0.15) is 0 Å². The van der Waals surface area contributed by atoms with Gasteiger partial charge in [0, 0.05) is 6.04 Å². The summed E-state index contributed by atoms with van der Waals surface area (Å²) in [5.41, 5.74) is 1.49. The minimum Gasteiger partial charge on any atom is -0.481 e. The highest BCUT2D eigenvalue weighted by Crippen LogP contribution is 2.61. The molecule has 4 fully saturated rings. The number of hydrogen-bond donors (Lipinski definition) is 1. The van der Waals surface area contributed by atoms with Crippen molar-refractivity contribution in [1.82, 2.24) is 5.32 Å². The summed E-state index contributed by atoms with van der Waals surface area (Å²) in [4.78, 5) is 12.7. The summed E-state index contributed by atoms with van der Waals surface area (Å²) in [6, 6.07) is 8.14. The lowest BCUT2D eigenvalue weighted by Gasteiger charge is -2.59. The van der Waals surface area contributed by atoms with Gasteiger partial charge in [-0.15, -0.1) is 0 Å². The van der Waals surface area contributed by atoms with E-state index in [1.807, 2.05) is 38.1 Å². The molecule has 0 aromatic heterocycles. The fourth-order valence-electron chi connectivity index (χ4n) is 6.14. The molecule has 4 aliphatic rings. The van der Waals surface area contributed by atoms with Crippen molar-refractivity contribution < 1.29 is 9.53 Å². The molecule has 0 unspecified atom stereocenters. The zero-order valence-electron chi connectivity index (χ0n) is 15.8. The number of amides is 1. The highest BCUT2D eigenvalue weighted by Gasteiger charge is 2.53. The van der Waals surface area contributed by atoms with Crippen molar-refractivity contribution in [3.05, 3.63) is 29.8 Å². The summed E-state index contributed by atoms with van der Waals surface area (Å²) in [6.45, 7) is 6.11. The van der Waals surface area contributed by atoms with Gasteiger partial charge in [-0.05, 0) is 100 Å². The lowest BCUT2D eigenvalue weighted by molar-refractivity contribution is -0.131. The average Bonchev–Trinajstić information content (AvgIpc) is 2.53. The van der Waals surface area contributed by atoms with E-state index in [2.05, 4.69) is 12.2 Å². The van der Waals surface area contributed by atoms with Gasteiger partial charge in [0.05, 0.1) is 0 Å². The first-order valence-corrected chi connectivity index (χ1v) is 9.97. The Hall–Kier alpha value is -1.51. The van der Waals surface area contributed by atoms with Crippen molar-refractivity contribution in [3.8, 4) is 5.75 Å². The molecular formula is C22H31NO2. The third-order valence-electron chi connectivity index (χ3n) is 7.03. The maximum Gasteiger partial charge on any atom is 0.261 e. The Labute approximate surface area is 151 Å². The average molecular weight is 341 g/mol. The molecule has 136 valence electrons. The number of rotatable bonds is 5. The van der Waals surface area contributed by atoms with Crippen LogP contribution in [0.1, 0.15) is 57.9 Å². The van der Waals surface area contributed by atoms with E-state index < -0.39 is 6.10 Å². The van der Waals surface area contributed by atoms with Crippen LogP contribution in [0.15, 0.2) is 24.3 Å². The summed E-state index contributed by atoms with van der Waals surface area (Å²) in [5.74, 6) is 3.51. The number of aryl methyl sites for hydroxylation is 1. The Kier molecular flexibility index (Phi) is 4.29. The van der Waals surface area contributed by atoms with E-state index in [-0.39, 0.29) is 11.9 Å². The van der Waals surface area contributed by atoms with Crippen LogP contribution in [-0.2, 0) is 4.79 Å². The predicted molar refractivity (Wildman–Crippen MR) is 99.5 cm³/mol. The van der Waals surface area contributed by atoms with E-state index in [1.54, 1.807) is 0 Å². The molecule has 0 aliphatic heterocycles. The minimum atomic E-state index is -0.460. The summed E-state index contributed by atoms with van der Waals surface area (Å²) in [6.07, 6.45) is 7.79. The van der Waals surface area contributed by atoms with Crippen LogP contribution in [0.2, 0.25) is 0 Å². The SMILES string of the molecule is Cc1cccc(O[C@@H](C)C(=O)N[C@H](C)C23CC4CC(CC(C4)C2)C3)c1. The van der Waals surface area contributed by atoms with Gasteiger partial charge in [0.15, 0.2) is 6.10 Å². The van der Waals surface area contributed by atoms with E-state index in [0.29, 0.717) is 5.41 Å². The van der Waals surface area contributed by atoms with Crippen LogP contribution in [0.4, 0.5) is 0 Å². The molecule has 2 atom stereocenters. The molecule has 5 rings (SSSR count). The molecule has 4 bridgehead atoms. The lowest BCUT2D eigenvalue weighted by Crippen LogP contribution is -2.57. The molecule has 4 saturated carbocycles. The molecule has 3 nitrogen and oxygen atoms in total. The fraction of sp³-hybridized carbons (Fsp3) is 0.682. The van der Waals surface area contributed by atoms with Gasteiger partial charge in [0.2, 0.25) is 0 Å². The third kappa shape index (κ3) is 3.30. The Balaban J connectivity index is 1.38. The van der Waals surface area contributed by atoms with Gasteiger partial charge in [0.25, 0.3) is 5.91 Å². The van der Waals surface area contributed by atoms with E-state index in [1.165, 1.54) is 38.5 Å². The molecule has 0 saturated heterocycles. The molecular weight excluding hydrogens is 310 g/mol. The zero-order valence-corrected chi connectivity index (χ0v) is 15.8. The standard InChI is InChI=1S/C22H31NO2/c1-14-5-4-6-20(7-14)25-15(2)21(24)23-16(3)22-11-17-8-18(12-22)10-19(9-17)13-22/h4-7,15-19H,8-13H2,1-3H3,(H,23,24)/t15-,16+,17?,18?,19?,22?/m0/s1. The van der Waals surface area contributed by atoms with Gasteiger partial charge >= 0.3 is 0 Å². The van der Waals surface area contributed by atoms with Crippen LogP contribution in [-0.4, -0.2) is 18.1 Å². The Morgan fingerprint density at radius 3 is 2.28 bits per heavy atom. The highest BCUT2D eigenvalue weighted by atomic mass is 16.5. The van der Waals surface area contributed by atoms with E-state index >= 15 is 0 Å². The van der Waals surface area contributed by atoms with E-state index in [9.17, 15) is 4.79 Å².